The van der Waals surface area contributed by atoms with Crippen molar-refractivity contribution in [3.8, 4) is 103 Å². The first-order valence-electron chi connectivity index (χ1n) is 20.4. The summed E-state index contributed by atoms with van der Waals surface area (Å²) in [4.78, 5) is 0. The largest absolute Gasteiger partial charge is 0.509 e. The molecule has 0 fully saturated rings. The third-order valence-corrected chi connectivity index (χ3v) is 11.6. The highest BCUT2D eigenvalue weighted by atomic mass is 16.4. The number of allylic oxidation sites excluding steroid dienone is 1. The lowest BCUT2D eigenvalue weighted by Crippen LogP contribution is -2.12. The monoisotopic (exact) mass is 936 g/mol. The van der Waals surface area contributed by atoms with Gasteiger partial charge in [0.25, 0.3) is 0 Å². The Balaban J connectivity index is 0.000000785. The summed E-state index contributed by atoms with van der Waals surface area (Å²) in [5.41, 5.74) is -2.52. The van der Waals surface area contributed by atoms with Gasteiger partial charge in [-0.3, -0.25) is 0 Å². The fourth-order valence-corrected chi connectivity index (χ4v) is 8.60. The maximum Gasteiger partial charge on any atom is 0.206 e. The van der Waals surface area contributed by atoms with Gasteiger partial charge < -0.3 is 95.9 Å². The molecule has 17 N–H and O–H groups in total. The molecule has 2 heterocycles. The molecule has 0 bridgehead atoms. The van der Waals surface area contributed by atoms with Crippen molar-refractivity contribution >= 4 is 43.6 Å². The molecule has 0 aliphatic carbocycles. The fourth-order valence-electron chi connectivity index (χ4n) is 8.60. The first-order valence-corrected chi connectivity index (χ1v) is 20.4. The highest BCUT2D eigenvalue weighted by Crippen LogP contribution is 2.61. The molecule has 0 aliphatic rings. The Morgan fingerprint density at radius 2 is 0.676 bits per heavy atom. The van der Waals surface area contributed by atoms with Crippen molar-refractivity contribution in [2.45, 2.75) is 59.3 Å². The van der Waals surface area contributed by atoms with Crippen LogP contribution in [0.15, 0.2) is 72.4 Å². The van der Waals surface area contributed by atoms with E-state index < -0.39 is 103 Å². The van der Waals surface area contributed by atoms with E-state index in [-0.39, 0.29) is 71.9 Å². The van der Waals surface area contributed by atoms with E-state index in [4.69, 9.17) is 15.3 Å². The van der Waals surface area contributed by atoms with Crippen LogP contribution in [0.5, 0.6) is 80.5 Å². The van der Waals surface area contributed by atoms with Crippen LogP contribution in [0.3, 0.4) is 0 Å². The van der Waals surface area contributed by atoms with Crippen molar-refractivity contribution in [3.63, 3.8) is 0 Å². The molecule has 0 saturated carbocycles. The van der Waals surface area contributed by atoms with Gasteiger partial charge in [-0.05, 0) is 53.1 Å². The van der Waals surface area contributed by atoms with Crippen LogP contribution in [0, 0.1) is 0 Å². The lowest BCUT2D eigenvalue weighted by atomic mass is 9.84. The maximum absolute atomic E-state index is 11.7. The SMILES string of the molecule is C=C(O)/C(O)=C(\C)O.CC(C)(C)c1c(O)c(O)c2c(c1O)c1c(O)c(O)c(O)c(O)c1n2-c1cccc(-c2cccc(-n3c4c(O)c(O)c(O)c(O)c4c4c(O)c(C(C)(C)C)c(O)c(O)c43)c2)c1. The molecule has 68 heavy (non-hydrogen) atoms. The molecule has 8 aromatic rings. The topological polar surface area (TPSA) is 354 Å². The number of rotatable bonds is 4. The molecule has 0 aliphatic heterocycles. The predicted octanol–water partition coefficient (Wildman–Crippen LogP) is 9.43. The average Bonchev–Trinajstić information content (AvgIpc) is 3.82. The van der Waals surface area contributed by atoms with E-state index in [2.05, 4.69) is 6.58 Å². The normalized spacial score (nSPS) is 12.5. The van der Waals surface area contributed by atoms with Crippen LogP contribution < -0.4 is 0 Å². The van der Waals surface area contributed by atoms with Crippen molar-refractivity contribution in [1.29, 1.82) is 0 Å². The number of benzene rings is 6. The summed E-state index contributed by atoms with van der Waals surface area (Å²) < 4.78 is 2.32. The van der Waals surface area contributed by atoms with Crippen molar-refractivity contribution in [2.24, 2.45) is 0 Å². The Hall–Kier alpha value is -9.00. The number of phenolic OH excluding ortho intramolecular Hbond substituents is 14. The summed E-state index contributed by atoms with van der Waals surface area (Å²) in [5, 5.41) is 180. The van der Waals surface area contributed by atoms with Crippen LogP contribution in [-0.2, 0) is 10.8 Å². The van der Waals surface area contributed by atoms with Gasteiger partial charge in [0.1, 0.15) is 39.3 Å². The van der Waals surface area contributed by atoms with Crippen LogP contribution in [0.2, 0.25) is 0 Å². The average molecular weight is 937 g/mol. The van der Waals surface area contributed by atoms with E-state index >= 15 is 0 Å². The molecule has 0 spiro atoms. The Bertz CT molecular complexity index is 3310. The van der Waals surface area contributed by atoms with Gasteiger partial charge in [-0.2, -0.15) is 0 Å². The van der Waals surface area contributed by atoms with Crippen LogP contribution in [-0.4, -0.2) is 95.9 Å². The van der Waals surface area contributed by atoms with Crippen molar-refractivity contribution in [2.75, 3.05) is 0 Å². The highest BCUT2D eigenvalue weighted by Gasteiger charge is 2.37. The Kier molecular flexibility index (Phi) is 10.8. The van der Waals surface area contributed by atoms with Crippen LogP contribution in [0.1, 0.15) is 59.6 Å². The zero-order valence-corrected chi connectivity index (χ0v) is 37.3. The number of aromatic hydroxyl groups is 14. The number of aliphatic hydroxyl groups is 3. The molecular weight excluding hydrogens is 889 g/mol. The minimum atomic E-state index is -1.11. The van der Waals surface area contributed by atoms with Crippen LogP contribution >= 0.6 is 0 Å². The minimum Gasteiger partial charge on any atom is -0.509 e. The molecule has 0 atom stereocenters. The maximum atomic E-state index is 11.7. The zero-order valence-electron chi connectivity index (χ0n) is 37.3. The quantitative estimate of drug-likeness (QED) is 0.0338. The van der Waals surface area contributed by atoms with E-state index in [1.807, 2.05) is 0 Å². The number of hydrogen-bond acceptors (Lipinski definition) is 17. The summed E-state index contributed by atoms with van der Waals surface area (Å²) in [6, 6.07) is 12.5. The number of phenols is 14. The summed E-state index contributed by atoms with van der Waals surface area (Å²) >= 11 is 0. The highest BCUT2D eigenvalue weighted by molar-refractivity contribution is 6.22. The number of aromatic nitrogens is 2. The van der Waals surface area contributed by atoms with E-state index in [0.717, 1.165) is 9.13 Å². The number of nitrogens with zero attached hydrogens (tertiary/aromatic N) is 2. The third-order valence-electron chi connectivity index (χ3n) is 11.6. The van der Waals surface area contributed by atoms with Crippen LogP contribution in [0.25, 0.3) is 66.1 Å². The minimum absolute atomic E-state index is 0.112. The molecule has 0 unspecified atom stereocenters. The second-order valence-corrected chi connectivity index (χ2v) is 18.2. The van der Waals surface area contributed by atoms with Crippen LogP contribution in [0.4, 0.5) is 0 Å². The fraction of sp³-hybridized carbons (Fsp3) is 0.184. The molecular formula is C49H48N2O17. The summed E-state index contributed by atoms with van der Waals surface area (Å²) in [5.74, 6) is -13.7. The lowest BCUT2D eigenvalue weighted by molar-refractivity contribution is 0.286. The van der Waals surface area contributed by atoms with Crippen molar-refractivity contribution < 1.29 is 86.8 Å². The lowest BCUT2D eigenvalue weighted by Gasteiger charge is -2.23. The Morgan fingerprint density at radius 3 is 0.941 bits per heavy atom. The standard InChI is InChI=1S/C44H40N2O14.C5H8O3/c1-43(2,3)23-29(47)19-21-27(37(55)41(59)39(57)31(21)49)45(25(19)35(53)33(23)51)17-11-7-9-15(13-17)16-10-8-12-18(14-16)46-26-20(22-28(46)38(56)42(60)40(58)32(22)50)30(48)24(44(4,5)6)34(52)36(26)54;1-3(6)5(8)4(2)7/h7-14,47-60H,1-6H3;6-8H,1H2,2H3/b;5-4-. The van der Waals surface area contributed by atoms with Gasteiger partial charge in [-0.25, -0.2) is 0 Å². The molecule has 0 saturated heterocycles. The van der Waals surface area contributed by atoms with Gasteiger partial charge in [-0.15, -0.1) is 0 Å². The Morgan fingerprint density at radius 1 is 0.397 bits per heavy atom. The van der Waals surface area contributed by atoms with E-state index in [1.54, 1.807) is 65.8 Å². The van der Waals surface area contributed by atoms with Gasteiger partial charge in [0, 0.05) is 22.5 Å². The summed E-state index contributed by atoms with van der Waals surface area (Å²) in [7, 11) is 0. The van der Waals surface area contributed by atoms with E-state index in [1.165, 1.54) is 31.2 Å². The van der Waals surface area contributed by atoms with Gasteiger partial charge in [-0.1, -0.05) is 72.4 Å². The summed E-state index contributed by atoms with van der Waals surface area (Å²) in [6.07, 6.45) is 0. The summed E-state index contributed by atoms with van der Waals surface area (Å²) in [6.45, 7) is 14.1. The Labute approximate surface area is 384 Å². The first kappa shape index (κ1) is 47.0. The number of hydrogen-bond donors (Lipinski definition) is 17. The predicted molar refractivity (Wildman–Crippen MR) is 251 cm³/mol. The molecule has 6 aromatic carbocycles. The molecule has 2 aromatic heterocycles. The second-order valence-electron chi connectivity index (χ2n) is 18.2. The van der Waals surface area contributed by atoms with E-state index in [9.17, 15) is 71.5 Å². The molecule has 0 radical (unpaired) electrons. The van der Waals surface area contributed by atoms with Crippen molar-refractivity contribution in [3.05, 3.63) is 83.5 Å². The van der Waals surface area contributed by atoms with Gasteiger partial charge in [0.2, 0.25) is 23.0 Å². The van der Waals surface area contributed by atoms with Crippen molar-refractivity contribution in [1.82, 2.24) is 9.13 Å². The van der Waals surface area contributed by atoms with E-state index in [0.29, 0.717) is 11.1 Å². The zero-order chi connectivity index (χ0) is 50.7. The van der Waals surface area contributed by atoms with Gasteiger partial charge >= 0.3 is 0 Å². The second kappa shape index (κ2) is 15.6. The first-order chi connectivity index (χ1) is 31.5. The molecule has 19 heteroatoms. The molecule has 19 nitrogen and oxygen atoms in total. The van der Waals surface area contributed by atoms with Gasteiger partial charge in [0.15, 0.2) is 57.5 Å². The number of aliphatic hydroxyl groups excluding tert-OH is 3. The molecule has 0 amide bonds. The molecule has 8 rings (SSSR count). The number of fused-ring (bicyclic) bond motifs is 6. The third kappa shape index (κ3) is 6.73. The molecule has 356 valence electrons. The smallest absolute Gasteiger partial charge is 0.206 e. The van der Waals surface area contributed by atoms with Gasteiger partial charge in [0.05, 0.1) is 21.5 Å².